The number of cyclic esters (lactones) is 2. The van der Waals surface area contributed by atoms with Crippen molar-refractivity contribution in [1.82, 2.24) is 0 Å². The van der Waals surface area contributed by atoms with Crippen molar-refractivity contribution in [2.45, 2.75) is 103 Å². The van der Waals surface area contributed by atoms with Crippen LogP contribution in [0.4, 0.5) is 0 Å². The van der Waals surface area contributed by atoms with Gasteiger partial charge in [-0.3, -0.25) is 0 Å². The zero-order valence-electron chi connectivity index (χ0n) is 19.3. The second kappa shape index (κ2) is 7.81. The first kappa shape index (κ1) is 22.5. The molecule has 1 saturated carbocycles. The van der Waals surface area contributed by atoms with Gasteiger partial charge in [-0.2, -0.15) is 0 Å². The quantitative estimate of drug-likeness (QED) is 0.308. The number of carbonyl (C=O) groups excluding carboxylic acids is 2. The minimum absolute atomic E-state index is 0.210. The predicted molar refractivity (Wildman–Crippen MR) is 118 cm³/mol. The molecule has 3 rings (SSSR count). The van der Waals surface area contributed by atoms with Gasteiger partial charge < -0.3 is 9.16 Å². The Morgan fingerprint density at radius 3 is 2.21 bits per heavy atom. The normalized spacial score (nSPS) is 30.8. The zero-order valence-corrected chi connectivity index (χ0v) is 20.3. The highest BCUT2D eigenvalue weighted by Gasteiger charge is 2.57. The lowest BCUT2D eigenvalue weighted by molar-refractivity contribution is -0.151. The Labute approximate surface area is 177 Å². The Morgan fingerprint density at radius 1 is 1.07 bits per heavy atom. The smallest absolute Gasteiger partial charge is 0.346 e. The highest BCUT2D eigenvalue weighted by molar-refractivity contribution is 6.77. The average Bonchev–Trinajstić information content (AvgIpc) is 2.79. The highest BCUT2D eigenvalue weighted by atomic mass is 28.4. The van der Waals surface area contributed by atoms with Crippen LogP contribution in [0.2, 0.25) is 16.6 Å². The van der Waals surface area contributed by atoms with E-state index in [0.717, 1.165) is 24.8 Å². The van der Waals surface area contributed by atoms with Gasteiger partial charge in [0, 0.05) is 6.42 Å². The van der Waals surface area contributed by atoms with E-state index in [9.17, 15) is 9.59 Å². The maximum atomic E-state index is 12.4. The van der Waals surface area contributed by atoms with Crippen LogP contribution in [0.1, 0.15) is 80.6 Å². The number of esters is 2. The van der Waals surface area contributed by atoms with Crippen LogP contribution in [0.5, 0.6) is 0 Å². The Hall–Kier alpha value is -1.20. The minimum atomic E-state index is -2.14. The molecule has 3 atom stereocenters. The molecule has 0 unspecified atom stereocenters. The largest absolute Gasteiger partial charge is 0.410 e. The summed E-state index contributed by atoms with van der Waals surface area (Å²) in [5.74, 6) is -0.344. The summed E-state index contributed by atoms with van der Waals surface area (Å²) in [5.41, 5.74) is 2.81. The molecule has 0 aromatic heterocycles. The summed E-state index contributed by atoms with van der Waals surface area (Å²) in [6, 6.07) is 0. The Kier molecular flexibility index (Phi) is 6.05. The Morgan fingerprint density at radius 2 is 1.66 bits per heavy atom. The fourth-order valence-corrected chi connectivity index (χ4v) is 12.5. The van der Waals surface area contributed by atoms with E-state index in [-0.39, 0.29) is 11.5 Å². The third-order valence-corrected chi connectivity index (χ3v) is 14.1. The molecule has 0 bridgehead atoms. The summed E-state index contributed by atoms with van der Waals surface area (Å²) >= 11 is 0. The zero-order chi connectivity index (χ0) is 21.7. The van der Waals surface area contributed by atoms with Crippen molar-refractivity contribution in [3.8, 4) is 0 Å². The molecule has 0 aromatic rings. The minimum Gasteiger partial charge on any atom is -0.410 e. The van der Waals surface area contributed by atoms with E-state index in [4.69, 9.17) is 9.16 Å². The van der Waals surface area contributed by atoms with Crippen LogP contribution < -0.4 is 0 Å². The van der Waals surface area contributed by atoms with Gasteiger partial charge in [-0.05, 0) is 46.9 Å². The second-order valence-electron chi connectivity index (χ2n) is 10.5. The summed E-state index contributed by atoms with van der Waals surface area (Å²) < 4.78 is 12.5. The van der Waals surface area contributed by atoms with Gasteiger partial charge in [0.05, 0.1) is 16.7 Å². The van der Waals surface area contributed by atoms with E-state index in [1.165, 1.54) is 0 Å². The first-order valence-electron chi connectivity index (χ1n) is 11.3. The van der Waals surface area contributed by atoms with Crippen molar-refractivity contribution in [2.24, 2.45) is 11.8 Å². The van der Waals surface area contributed by atoms with E-state index >= 15 is 0 Å². The topological polar surface area (TPSA) is 52.6 Å². The molecule has 0 aromatic carbocycles. The summed E-state index contributed by atoms with van der Waals surface area (Å²) in [4.78, 5) is 24.8. The molecule has 0 saturated heterocycles. The van der Waals surface area contributed by atoms with Crippen molar-refractivity contribution in [3.63, 3.8) is 0 Å². The van der Waals surface area contributed by atoms with Crippen molar-refractivity contribution in [1.29, 1.82) is 0 Å². The van der Waals surface area contributed by atoms with Gasteiger partial charge in [0.25, 0.3) is 0 Å². The van der Waals surface area contributed by atoms with Crippen molar-refractivity contribution in [3.05, 3.63) is 23.3 Å². The molecule has 3 aliphatic rings. The van der Waals surface area contributed by atoms with Crippen LogP contribution in [0, 0.1) is 11.8 Å². The van der Waals surface area contributed by atoms with Crippen molar-refractivity contribution < 1.29 is 18.8 Å². The van der Waals surface area contributed by atoms with Gasteiger partial charge in [0.2, 0.25) is 8.32 Å². The maximum absolute atomic E-state index is 12.4. The van der Waals surface area contributed by atoms with E-state index in [1.807, 2.05) is 0 Å². The van der Waals surface area contributed by atoms with E-state index in [2.05, 4.69) is 55.0 Å². The average molecular weight is 419 g/mol. The van der Waals surface area contributed by atoms with Gasteiger partial charge in [0.1, 0.15) is 0 Å². The number of fused-ring (bicyclic) bond motifs is 1. The molecule has 0 N–H and O–H groups in total. The van der Waals surface area contributed by atoms with E-state index in [0.29, 0.717) is 46.5 Å². The molecule has 0 radical (unpaired) electrons. The predicted octanol–water partition coefficient (Wildman–Crippen LogP) is 6.08. The summed E-state index contributed by atoms with van der Waals surface area (Å²) in [6.45, 7) is 20.4. The lowest BCUT2D eigenvalue weighted by atomic mass is 9.66. The molecule has 5 heteroatoms. The molecule has 0 amide bonds. The number of carbonyl (C=O) groups is 2. The third kappa shape index (κ3) is 3.48. The molecular formula is C24H38O4Si. The second-order valence-corrected chi connectivity index (χ2v) is 15.9. The monoisotopic (exact) mass is 418 g/mol. The summed E-state index contributed by atoms with van der Waals surface area (Å²) in [5, 5.41) is 0. The van der Waals surface area contributed by atoms with E-state index < -0.39 is 20.3 Å². The fourth-order valence-electron chi connectivity index (χ4n) is 6.74. The molecule has 0 spiro atoms. The van der Waals surface area contributed by atoms with Crippen molar-refractivity contribution >= 4 is 20.3 Å². The lowest BCUT2D eigenvalue weighted by Gasteiger charge is -2.55. The molecule has 1 heterocycles. The maximum Gasteiger partial charge on any atom is 0.346 e. The van der Waals surface area contributed by atoms with Gasteiger partial charge in [-0.25, -0.2) is 9.59 Å². The molecule has 29 heavy (non-hydrogen) atoms. The van der Waals surface area contributed by atoms with E-state index in [1.54, 1.807) is 0 Å². The van der Waals surface area contributed by atoms with Crippen LogP contribution in [0.15, 0.2) is 23.3 Å². The summed E-state index contributed by atoms with van der Waals surface area (Å²) in [7, 11) is -2.14. The van der Waals surface area contributed by atoms with Gasteiger partial charge in [-0.1, -0.05) is 67.9 Å². The van der Waals surface area contributed by atoms with Crippen LogP contribution in [0.3, 0.4) is 0 Å². The summed E-state index contributed by atoms with van der Waals surface area (Å²) in [6.07, 6.45) is 4.43. The van der Waals surface area contributed by atoms with Crippen molar-refractivity contribution in [2.75, 3.05) is 0 Å². The molecule has 4 nitrogen and oxygen atoms in total. The molecule has 1 fully saturated rings. The molecular weight excluding hydrogens is 380 g/mol. The Bertz CT molecular complexity index is 726. The van der Waals surface area contributed by atoms with Crippen LogP contribution >= 0.6 is 0 Å². The van der Waals surface area contributed by atoms with Crippen LogP contribution in [-0.4, -0.2) is 25.9 Å². The first-order chi connectivity index (χ1) is 13.5. The Balaban J connectivity index is 2.11. The molecule has 2 aliphatic carbocycles. The SMILES string of the molecule is C=C1C[C@@]2(O[Si](C(C)C)(C(C)C)C(C)C)CCC[C@@H](C)[C@@H]2CC2=C1C(=O)OC2=O. The highest BCUT2D eigenvalue weighted by Crippen LogP contribution is 2.56. The third-order valence-electron chi connectivity index (χ3n) is 7.94. The number of rotatable bonds is 5. The number of ether oxygens (including phenoxy) is 1. The van der Waals surface area contributed by atoms with Gasteiger partial charge in [0.15, 0.2) is 0 Å². The first-order valence-corrected chi connectivity index (χ1v) is 13.5. The lowest BCUT2D eigenvalue weighted by Crippen LogP contribution is -2.59. The van der Waals surface area contributed by atoms with Gasteiger partial charge in [-0.15, -0.1) is 0 Å². The number of hydrogen-bond donors (Lipinski definition) is 0. The van der Waals surface area contributed by atoms with Crippen LogP contribution in [0.25, 0.3) is 0 Å². The fraction of sp³-hybridized carbons (Fsp3) is 0.750. The van der Waals surface area contributed by atoms with Crippen LogP contribution in [-0.2, 0) is 18.8 Å². The molecule has 1 aliphatic heterocycles. The number of hydrogen-bond acceptors (Lipinski definition) is 4. The van der Waals surface area contributed by atoms with Gasteiger partial charge >= 0.3 is 11.9 Å². The molecule has 162 valence electrons. The standard InChI is InChI=1S/C24H38O4Si/c1-14(2)29(15(3)4,16(5)6)28-24-11-9-10-17(7)20(24)12-19-21(18(8)13-24)23(26)27-22(19)25/h14-17,20H,8-13H2,1-7H3/t17-,20+,24+/m1/s1.